The lowest BCUT2D eigenvalue weighted by Gasteiger charge is -2.21. The summed E-state index contributed by atoms with van der Waals surface area (Å²) in [5.41, 5.74) is 7.63. The average Bonchev–Trinajstić information content (AvgIpc) is 3.72. The maximum atomic E-state index is 5.95. The number of rotatable bonds is 9. The van der Waals surface area contributed by atoms with Crippen molar-refractivity contribution in [3.05, 3.63) is 139 Å². The molecule has 0 fully saturated rings. The summed E-state index contributed by atoms with van der Waals surface area (Å²) in [6, 6.07) is 34.1. The minimum Gasteiger partial charge on any atom is -0.392 e. The third-order valence-electron chi connectivity index (χ3n) is 5.55. The highest BCUT2D eigenvalue weighted by Gasteiger charge is 2.35. The Morgan fingerprint density at radius 1 is 0.568 bits per heavy atom. The molecule has 0 atom stereocenters. The molecule has 3 heterocycles. The van der Waals surface area contributed by atoms with Gasteiger partial charge in [-0.1, -0.05) is 91.0 Å². The molecule has 3 aromatic carbocycles. The van der Waals surface area contributed by atoms with Crippen molar-refractivity contribution in [1.82, 2.24) is 30.5 Å². The van der Waals surface area contributed by atoms with E-state index in [1.807, 2.05) is 109 Å². The van der Waals surface area contributed by atoms with Gasteiger partial charge in [-0.05, 0) is 23.8 Å². The molecule has 1 aliphatic rings. The van der Waals surface area contributed by atoms with E-state index < -0.39 is 7.32 Å². The Balaban J connectivity index is 1.19. The number of nitrogens with one attached hydrogen (secondary N) is 1. The van der Waals surface area contributed by atoms with Crippen LogP contribution in [0, 0.1) is 6.04 Å². The molecule has 1 N–H and O–H groups in total. The molecule has 0 saturated carbocycles. The number of hydrogen-bond donors (Lipinski definition) is 1. The molecule has 0 spiro atoms. The Hall–Kier alpha value is -4.80. The molecule has 0 amide bonds. The SMILES string of the molecule is C1=CN(OB(On2ccc(-c3ccccc3)n2)On2ccc(-c3ccccc3)n2)N[C]1c1ccccc1. The summed E-state index contributed by atoms with van der Waals surface area (Å²) < 4.78 is 17.8. The average molecular weight is 489 g/mol. The normalized spacial score (nSPS) is 13.1. The first kappa shape index (κ1) is 22.7. The summed E-state index contributed by atoms with van der Waals surface area (Å²) in [5.74, 6) is 0. The molecule has 0 aliphatic carbocycles. The summed E-state index contributed by atoms with van der Waals surface area (Å²) in [4.78, 5) is 2.60. The molecule has 0 unspecified atom stereocenters. The Morgan fingerprint density at radius 2 is 1.05 bits per heavy atom. The third kappa shape index (κ3) is 5.40. The second-order valence-electron chi connectivity index (χ2n) is 8.08. The fraction of sp³-hybridized carbons (Fsp3) is 0. The van der Waals surface area contributed by atoms with Crippen molar-refractivity contribution in [3.63, 3.8) is 0 Å². The molecule has 6 rings (SSSR count). The van der Waals surface area contributed by atoms with E-state index in [0.29, 0.717) is 0 Å². The maximum Gasteiger partial charge on any atom is 0.855 e. The van der Waals surface area contributed by atoms with Crippen molar-refractivity contribution in [3.8, 4) is 22.5 Å². The maximum absolute atomic E-state index is 5.95. The first-order valence-corrected chi connectivity index (χ1v) is 11.7. The molecule has 5 aromatic rings. The van der Waals surface area contributed by atoms with E-state index in [2.05, 4.69) is 15.6 Å². The summed E-state index contributed by atoms with van der Waals surface area (Å²) >= 11 is 0. The van der Waals surface area contributed by atoms with Crippen molar-refractivity contribution < 1.29 is 14.3 Å². The van der Waals surface area contributed by atoms with Gasteiger partial charge in [0.1, 0.15) is 6.04 Å². The van der Waals surface area contributed by atoms with Gasteiger partial charge in [0.15, 0.2) is 0 Å². The third-order valence-corrected chi connectivity index (χ3v) is 5.55. The molecule has 1 radical (unpaired) electrons. The van der Waals surface area contributed by atoms with Crippen LogP contribution in [0.5, 0.6) is 0 Å². The van der Waals surface area contributed by atoms with Gasteiger partial charge >= 0.3 is 7.32 Å². The number of hydroxylamine groups is 1. The lowest BCUT2D eigenvalue weighted by atomic mass is 10.1. The Kier molecular flexibility index (Phi) is 6.40. The van der Waals surface area contributed by atoms with Crippen LogP contribution in [0.1, 0.15) is 5.56 Å². The van der Waals surface area contributed by atoms with Crippen molar-refractivity contribution >= 4 is 7.32 Å². The van der Waals surface area contributed by atoms with E-state index in [9.17, 15) is 0 Å². The standard InChI is InChI=1S/C27H22BN6O3/c1-4-10-22(11-5-1)25-16-19-32(29-25)35-28(36-33-20-17-26(30-33)23-12-6-2-7-13-23)37-34-21-18-27(31-34)24-14-8-3-9-15-24/h1-21,29H. The van der Waals surface area contributed by atoms with Crippen molar-refractivity contribution in [1.29, 1.82) is 0 Å². The summed E-state index contributed by atoms with van der Waals surface area (Å²) in [7, 11) is -1.24. The van der Waals surface area contributed by atoms with E-state index >= 15 is 0 Å². The van der Waals surface area contributed by atoms with Crippen molar-refractivity contribution in [2.45, 2.75) is 0 Å². The van der Waals surface area contributed by atoms with Crippen LogP contribution >= 0.6 is 0 Å². The van der Waals surface area contributed by atoms with Gasteiger partial charge < -0.3 is 9.51 Å². The fourth-order valence-corrected chi connectivity index (χ4v) is 3.76. The van der Waals surface area contributed by atoms with Crippen LogP contribution < -0.4 is 14.9 Å². The van der Waals surface area contributed by atoms with E-state index in [0.717, 1.165) is 34.1 Å². The quantitative estimate of drug-likeness (QED) is 0.316. The molecular formula is C27H22BN6O3. The predicted octanol–water partition coefficient (Wildman–Crippen LogP) is 3.80. The first-order chi connectivity index (χ1) is 18.3. The minimum atomic E-state index is -1.24. The lowest BCUT2D eigenvalue weighted by Crippen LogP contribution is -2.49. The van der Waals surface area contributed by atoms with Gasteiger partial charge in [0, 0.05) is 17.3 Å². The summed E-state index contributed by atoms with van der Waals surface area (Å²) in [6.45, 7) is 0. The summed E-state index contributed by atoms with van der Waals surface area (Å²) in [6.07, 6.45) is 7.01. The van der Waals surface area contributed by atoms with Gasteiger partial charge in [0.25, 0.3) is 0 Å². The monoisotopic (exact) mass is 489 g/mol. The van der Waals surface area contributed by atoms with Crippen LogP contribution in [0.4, 0.5) is 0 Å². The van der Waals surface area contributed by atoms with Gasteiger partial charge in [-0.3, -0.25) is 0 Å². The lowest BCUT2D eigenvalue weighted by molar-refractivity contribution is -0.103. The van der Waals surface area contributed by atoms with E-state index in [4.69, 9.17) is 14.3 Å². The Bertz CT molecular complexity index is 1380. The number of hydrazine groups is 1. The fourth-order valence-electron chi connectivity index (χ4n) is 3.76. The van der Waals surface area contributed by atoms with Crippen LogP contribution in [0.15, 0.2) is 128 Å². The molecule has 9 nitrogen and oxygen atoms in total. The molecule has 2 aromatic heterocycles. The van der Waals surface area contributed by atoms with Gasteiger partial charge in [0.05, 0.1) is 23.8 Å². The number of benzene rings is 3. The molecule has 10 heteroatoms. The van der Waals surface area contributed by atoms with Crippen LogP contribution in [0.2, 0.25) is 0 Å². The van der Waals surface area contributed by atoms with Crippen LogP contribution in [-0.4, -0.2) is 32.4 Å². The van der Waals surface area contributed by atoms with Gasteiger partial charge in [-0.15, -0.1) is 19.9 Å². The Morgan fingerprint density at radius 3 is 1.57 bits per heavy atom. The van der Waals surface area contributed by atoms with Crippen molar-refractivity contribution in [2.75, 3.05) is 0 Å². The molecule has 1 aliphatic heterocycles. The first-order valence-electron chi connectivity index (χ1n) is 11.7. The summed E-state index contributed by atoms with van der Waals surface area (Å²) in [5, 5.41) is 10.4. The number of hydrogen-bond acceptors (Lipinski definition) is 7. The Labute approximate surface area is 214 Å². The highest BCUT2D eigenvalue weighted by atomic mass is 16.9. The van der Waals surface area contributed by atoms with E-state index in [-0.39, 0.29) is 0 Å². The second kappa shape index (κ2) is 10.4. The molecule has 37 heavy (non-hydrogen) atoms. The largest absolute Gasteiger partial charge is 0.855 e. The van der Waals surface area contributed by atoms with Gasteiger partial charge in [-0.25, -0.2) is 4.76 Å². The second-order valence-corrected chi connectivity index (χ2v) is 8.08. The van der Waals surface area contributed by atoms with Gasteiger partial charge in [-0.2, -0.15) is 10.6 Å². The van der Waals surface area contributed by atoms with Crippen molar-refractivity contribution in [2.24, 2.45) is 0 Å². The number of nitrogens with zero attached hydrogens (tertiary/aromatic N) is 5. The smallest absolute Gasteiger partial charge is 0.392 e. The van der Waals surface area contributed by atoms with Crippen LogP contribution in [0.25, 0.3) is 22.5 Å². The molecule has 0 saturated heterocycles. The number of aromatic nitrogens is 4. The zero-order chi connectivity index (χ0) is 24.9. The topological polar surface area (TPSA) is 78.6 Å². The zero-order valence-electron chi connectivity index (χ0n) is 19.7. The molecule has 0 bridgehead atoms. The van der Waals surface area contributed by atoms with E-state index in [1.54, 1.807) is 18.6 Å². The highest BCUT2D eigenvalue weighted by molar-refractivity contribution is 6.36. The zero-order valence-corrected chi connectivity index (χ0v) is 19.7. The predicted molar refractivity (Wildman–Crippen MR) is 138 cm³/mol. The van der Waals surface area contributed by atoms with Gasteiger partial charge in [0.2, 0.25) is 0 Å². The molecular weight excluding hydrogens is 467 g/mol. The highest BCUT2D eigenvalue weighted by Crippen LogP contribution is 2.20. The van der Waals surface area contributed by atoms with Crippen LogP contribution in [-0.2, 0) is 4.76 Å². The molecule has 181 valence electrons. The van der Waals surface area contributed by atoms with Crippen LogP contribution in [0.3, 0.4) is 0 Å². The minimum absolute atomic E-state index is 0.753. The van der Waals surface area contributed by atoms with E-state index in [1.165, 1.54) is 14.9 Å².